The molecule has 1 unspecified atom stereocenters. The van der Waals surface area contributed by atoms with E-state index in [1.165, 1.54) is 0 Å². The van der Waals surface area contributed by atoms with Gasteiger partial charge in [-0.25, -0.2) is 0 Å². The first-order valence-electron chi connectivity index (χ1n) is 6.67. The van der Waals surface area contributed by atoms with Crippen LogP contribution in [-0.2, 0) is 10.3 Å². The molecule has 1 saturated heterocycles. The molecule has 0 bridgehead atoms. The fourth-order valence-corrected chi connectivity index (χ4v) is 2.25. The van der Waals surface area contributed by atoms with Crippen LogP contribution < -0.4 is 5.73 Å². The zero-order valence-corrected chi connectivity index (χ0v) is 11.4. The number of benzene rings is 1. The number of hydrogen-bond acceptors (Lipinski definition) is 5. The summed E-state index contributed by atoms with van der Waals surface area (Å²) in [6.45, 7) is 2.75. The summed E-state index contributed by atoms with van der Waals surface area (Å²) < 4.78 is 10.9. The van der Waals surface area contributed by atoms with Crippen molar-refractivity contribution < 1.29 is 9.26 Å². The van der Waals surface area contributed by atoms with Gasteiger partial charge in [-0.1, -0.05) is 17.3 Å². The molecule has 1 aromatic carbocycles. The summed E-state index contributed by atoms with van der Waals surface area (Å²) in [7, 11) is 0. The van der Waals surface area contributed by atoms with E-state index < -0.39 is 5.60 Å². The minimum atomic E-state index is -0.406. The van der Waals surface area contributed by atoms with Gasteiger partial charge in [0.05, 0.1) is 0 Å². The van der Waals surface area contributed by atoms with Gasteiger partial charge in [-0.2, -0.15) is 4.98 Å². The number of aromatic nitrogens is 2. The average Bonchev–Trinajstić information content (AvgIpc) is 3.08. The number of nitrogens with zero attached hydrogens (tertiary/aromatic N) is 2. The third-order valence-corrected chi connectivity index (χ3v) is 3.49. The van der Waals surface area contributed by atoms with Crippen LogP contribution in [0, 0.1) is 0 Å². The highest BCUT2D eigenvalue weighted by molar-refractivity contribution is 5.66. The minimum Gasteiger partial charge on any atom is -0.399 e. The van der Waals surface area contributed by atoms with Gasteiger partial charge in [0.2, 0.25) is 5.82 Å². The van der Waals surface area contributed by atoms with Gasteiger partial charge in [-0.05, 0) is 43.5 Å². The zero-order valence-electron chi connectivity index (χ0n) is 11.4. The van der Waals surface area contributed by atoms with E-state index in [0.717, 1.165) is 30.7 Å². The third-order valence-electron chi connectivity index (χ3n) is 3.49. The van der Waals surface area contributed by atoms with Crippen molar-refractivity contribution in [1.82, 2.24) is 10.1 Å². The number of hydrogen-bond donors (Lipinski definition) is 1. The molecule has 1 atom stereocenters. The zero-order chi connectivity index (χ0) is 14.0. The molecule has 104 valence electrons. The van der Waals surface area contributed by atoms with Crippen LogP contribution in [0.4, 0.5) is 5.69 Å². The molecule has 1 aromatic heterocycles. The number of nitrogens with two attached hydrogens (primary N) is 1. The lowest BCUT2D eigenvalue weighted by atomic mass is 10.0. The molecule has 20 heavy (non-hydrogen) atoms. The Bertz CT molecular complexity index is 610. The van der Waals surface area contributed by atoms with Gasteiger partial charge >= 0.3 is 0 Å². The van der Waals surface area contributed by atoms with Gasteiger partial charge in [-0.15, -0.1) is 0 Å². The van der Waals surface area contributed by atoms with Crippen LogP contribution in [0.15, 0.2) is 28.8 Å². The largest absolute Gasteiger partial charge is 0.399 e. The van der Waals surface area contributed by atoms with E-state index in [1.807, 2.05) is 37.3 Å². The van der Waals surface area contributed by atoms with Crippen molar-refractivity contribution in [2.75, 3.05) is 12.3 Å². The molecule has 0 aliphatic carbocycles. The van der Waals surface area contributed by atoms with Crippen molar-refractivity contribution in [2.24, 2.45) is 0 Å². The Hall–Kier alpha value is -2.14. The van der Waals surface area contributed by atoms with Gasteiger partial charge in [0.15, 0.2) is 0 Å². The highest BCUT2D eigenvalue weighted by Gasteiger charge is 2.36. The van der Waals surface area contributed by atoms with Crippen molar-refractivity contribution in [2.45, 2.75) is 25.4 Å². The lowest BCUT2D eigenvalue weighted by Gasteiger charge is -2.17. The number of nitrogen functional groups attached to an aromatic ring is 1. The highest BCUT2D eigenvalue weighted by atomic mass is 16.5. The second-order valence-corrected chi connectivity index (χ2v) is 5.14. The van der Waals surface area contributed by atoms with E-state index in [1.54, 1.807) is 6.08 Å². The summed E-state index contributed by atoms with van der Waals surface area (Å²) in [4.78, 5) is 4.38. The molecular weight excluding hydrogens is 254 g/mol. The van der Waals surface area contributed by atoms with Crippen LogP contribution in [0.5, 0.6) is 0 Å². The lowest BCUT2D eigenvalue weighted by Crippen LogP contribution is -2.21. The van der Waals surface area contributed by atoms with E-state index in [4.69, 9.17) is 15.0 Å². The fraction of sp³-hybridized carbons (Fsp3) is 0.333. The van der Waals surface area contributed by atoms with Crippen LogP contribution >= 0.6 is 0 Å². The maximum Gasteiger partial charge on any atom is 0.250 e. The summed E-state index contributed by atoms with van der Waals surface area (Å²) in [5.41, 5.74) is 7.01. The predicted molar refractivity (Wildman–Crippen MR) is 76.6 cm³/mol. The maximum absolute atomic E-state index is 5.69. The van der Waals surface area contributed by atoms with Gasteiger partial charge in [0.25, 0.3) is 5.89 Å². The fourth-order valence-electron chi connectivity index (χ4n) is 2.25. The van der Waals surface area contributed by atoms with Crippen molar-refractivity contribution in [3.8, 4) is 0 Å². The number of rotatable bonds is 3. The third kappa shape index (κ3) is 2.58. The summed E-state index contributed by atoms with van der Waals surface area (Å²) in [5.74, 6) is 1.10. The molecule has 5 heteroatoms. The van der Waals surface area contributed by atoms with Gasteiger partial charge in [-0.3, -0.25) is 0 Å². The number of ether oxygens (including phenoxy) is 1. The molecule has 1 aliphatic heterocycles. The Balaban J connectivity index is 1.75. The van der Waals surface area contributed by atoms with E-state index in [2.05, 4.69) is 10.1 Å². The monoisotopic (exact) mass is 271 g/mol. The molecule has 2 aromatic rings. The second kappa shape index (κ2) is 5.09. The van der Waals surface area contributed by atoms with Crippen molar-refractivity contribution in [3.05, 3.63) is 41.5 Å². The molecule has 1 fully saturated rings. The minimum absolute atomic E-state index is 0.406. The molecule has 0 radical (unpaired) electrons. The molecule has 0 amide bonds. The van der Waals surface area contributed by atoms with Gasteiger partial charge in [0, 0.05) is 18.4 Å². The molecule has 1 aliphatic rings. The molecule has 2 heterocycles. The predicted octanol–water partition coefficient (Wildman–Crippen LogP) is 2.85. The van der Waals surface area contributed by atoms with Crippen LogP contribution in [0.25, 0.3) is 12.2 Å². The van der Waals surface area contributed by atoms with Crippen LogP contribution in [0.1, 0.15) is 37.0 Å². The average molecular weight is 271 g/mol. The van der Waals surface area contributed by atoms with Crippen molar-refractivity contribution in [1.29, 1.82) is 0 Å². The molecular formula is C15H17N3O2. The first kappa shape index (κ1) is 12.9. The van der Waals surface area contributed by atoms with Crippen LogP contribution in [-0.4, -0.2) is 16.7 Å². The first-order chi connectivity index (χ1) is 9.66. The SMILES string of the molecule is CC1(c2noc(/C=C/c3ccc(N)cc3)n2)CCCO1. The smallest absolute Gasteiger partial charge is 0.250 e. The Morgan fingerprint density at radius 2 is 2.05 bits per heavy atom. The van der Waals surface area contributed by atoms with E-state index in [0.29, 0.717) is 11.7 Å². The summed E-state index contributed by atoms with van der Waals surface area (Å²) in [6.07, 6.45) is 5.66. The molecule has 5 nitrogen and oxygen atoms in total. The van der Waals surface area contributed by atoms with E-state index in [-0.39, 0.29) is 0 Å². The topological polar surface area (TPSA) is 74.2 Å². The lowest BCUT2D eigenvalue weighted by molar-refractivity contribution is 0.00768. The molecule has 0 saturated carbocycles. The Kier molecular flexibility index (Phi) is 3.28. The van der Waals surface area contributed by atoms with Crippen molar-refractivity contribution >= 4 is 17.8 Å². The highest BCUT2D eigenvalue weighted by Crippen LogP contribution is 2.33. The quantitative estimate of drug-likeness (QED) is 0.869. The van der Waals surface area contributed by atoms with E-state index in [9.17, 15) is 0 Å². The van der Waals surface area contributed by atoms with E-state index >= 15 is 0 Å². The van der Waals surface area contributed by atoms with Crippen LogP contribution in [0.2, 0.25) is 0 Å². The van der Waals surface area contributed by atoms with Crippen LogP contribution in [0.3, 0.4) is 0 Å². The maximum atomic E-state index is 5.69. The van der Waals surface area contributed by atoms with Crippen molar-refractivity contribution in [3.63, 3.8) is 0 Å². The molecule has 0 spiro atoms. The summed E-state index contributed by atoms with van der Waals surface area (Å²) in [5, 5.41) is 4.01. The summed E-state index contributed by atoms with van der Waals surface area (Å²) in [6, 6.07) is 7.58. The summed E-state index contributed by atoms with van der Waals surface area (Å²) >= 11 is 0. The Labute approximate surface area is 117 Å². The number of anilines is 1. The molecule has 3 rings (SSSR count). The van der Waals surface area contributed by atoms with Gasteiger partial charge in [0.1, 0.15) is 5.60 Å². The second-order valence-electron chi connectivity index (χ2n) is 5.14. The van der Waals surface area contributed by atoms with Gasteiger partial charge < -0.3 is 15.0 Å². The molecule has 2 N–H and O–H groups in total. The standard InChI is InChI=1S/C15H17N3O2/c1-15(9-2-10-19-15)14-17-13(20-18-14)8-5-11-3-6-12(16)7-4-11/h3-8H,2,9-10,16H2,1H3/b8-5+. The normalized spacial score (nSPS) is 22.6. The Morgan fingerprint density at radius 3 is 2.75 bits per heavy atom. The Morgan fingerprint density at radius 1 is 1.25 bits per heavy atom. The first-order valence-corrected chi connectivity index (χ1v) is 6.67.